The molecule has 2 aromatic rings. The summed E-state index contributed by atoms with van der Waals surface area (Å²) in [7, 11) is 0. The second kappa shape index (κ2) is 6.26. The maximum Gasteiger partial charge on any atom is 0.311 e. The van der Waals surface area contributed by atoms with E-state index in [1.54, 1.807) is 32.0 Å². The first kappa shape index (κ1) is 15.3. The molecule has 2 aromatic carbocycles. The van der Waals surface area contributed by atoms with Crippen molar-refractivity contribution < 1.29 is 28.8 Å². The minimum atomic E-state index is -0.383. The Kier molecular flexibility index (Phi) is 4.16. The zero-order valence-corrected chi connectivity index (χ0v) is 12.9. The summed E-state index contributed by atoms with van der Waals surface area (Å²) in [5.41, 5.74) is 0.560. The van der Waals surface area contributed by atoms with Crippen LogP contribution in [0.25, 0.3) is 10.8 Å². The van der Waals surface area contributed by atoms with Gasteiger partial charge in [0.05, 0.1) is 5.56 Å². The van der Waals surface area contributed by atoms with E-state index in [0.717, 1.165) is 0 Å². The van der Waals surface area contributed by atoms with Gasteiger partial charge in [0.2, 0.25) is 5.75 Å². The van der Waals surface area contributed by atoms with Crippen LogP contribution in [0.1, 0.15) is 32.3 Å². The van der Waals surface area contributed by atoms with Gasteiger partial charge in [-0.05, 0) is 0 Å². The van der Waals surface area contributed by atoms with Crippen LogP contribution in [0, 0.1) is 0 Å². The summed E-state index contributed by atoms with van der Waals surface area (Å²) in [5, 5.41) is 1.29. The first-order valence-electron chi connectivity index (χ1n) is 7.44. The molecule has 0 saturated carbocycles. The summed E-state index contributed by atoms with van der Waals surface area (Å²) in [6, 6.07) is 7.20. The zero-order chi connectivity index (χ0) is 16.4. The molecular weight excluding hydrogens is 300 g/mol. The van der Waals surface area contributed by atoms with Gasteiger partial charge >= 0.3 is 11.9 Å². The molecule has 6 heteroatoms. The fraction of sp³-hybridized carbons (Fsp3) is 0.294. The highest BCUT2D eigenvalue weighted by atomic mass is 17.2. The molecule has 0 radical (unpaired) electrons. The normalized spacial score (nSPS) is 12.6. The van der Waals surface area contributed by atoms with Crippen molar-refractivity contribution in [2.24, 2.45) is 0 Å². The summed E-state index contributed by atoms with van der Waals surface area (Å²) in [6.07, 6.45) is 0.480. The Hall–Kier alpha value is -2.60. The molecule has 0 aliphatic carbocycles. The van der Waals surface area contributed by atoms with Crippen LogP contribution in [0.5, 0.6) is 17.2 Å². The van der Waals surface area contributed by atoms with E-state index in [-0.39, 0.29) is 42.9 Å². The van der Waals surface area contributed by atoms with E-state index in [1.807, 2.05) is 6.07 Å². The van der Waals surface area contributed by atoms with Crippen molar-refractivity contribution in [1.82, 2.24) is 0 Å². The van der Waals surface area contributed by atoms with Gasteiger partial charge in [-0.3, -0.25) is 9.59 Å². The molecule has 0 N–H and O–H groups in total. The van der Waals surface area contributed by atoms with Crippen molar-refractivity contribution >= 4 is 22.7 Å². The average molecular weight is 316 g/mol. The summed E-state index contributed by atoms with van der Waals surface area (Å²) in [5.74, 6) is 0.214. The number of ether oxygens (including phenoxy) is 2. The maximum atomic E-state index is 11.7. The number of rotatable bonds is 4. The second-order valence-corrected chi connectivity index (χ2v) is 5.01. The quantitative estimate of drug-likeness (QED) is 0.490. The van der Waals surface area contributed by atoms with Crippen molar-refractivity contribution in [3.8, 4) is 17.2 Å². The molecule has 0 amide bonds. The van der Waals surface area contributed by atoms with E-state index >= 15 is 0 Å². The Morgan fingerprint density at radius 1 is 1.00 bits per heavy atom. The van der Waals surface area contributed by atoms with Gasteiger partial charge in [0.25, 0.3) is 0 Å². The molecule has 1 aliphatic rings. The smallest absolute Gasteiger partial charge is 0.311 e. The fourth-order valence-corrected chi connectivity index (χ4v) is 2.36. The van der Waals surface area contributed by atoms with Crippen molar-refractivity contribution in [2.45, 2.75) is 33.3 Å². The van der Waals surface area contributed by atoms with Crippen molar-refractivity contribution in [3.05, 3.63) is 29.8 Å². The Balaban J connectivity index is 2.24. The van der Waals surface area contributed by atoms with Crippen LogP contribution in [0.2, 0.25) is 0 Å². The number of esters is 2. The number of carbonyl (C=O) groups excluding carboxylic acids is 2. The highest BCUT2D eigenvalue weighted by Gasteiger charge is 2.30. The molecule has 0 aromatic heterocycles. The molecule has 0 unspecified atom stereocenters. The van der Waals surface area contributed by atoms with Gasteiger partial charge in [-0.2, -0.15) is 4.89 Å². The number of hydrogen-bond donors (Lipinski definition) is 0. The van der Waals surface area contributed by atoms with Crippen LogP contribution in [-0.4, -0.2) is 11.9 Å². The third-order valence-corrected chi connectivity index (χ3v) is 3.53. The predicted octanol–water partition coefficient (Wildman–Crippen LogP) is 3.29. The number of hydrogen-bond acceptors (Lipinski definition) is 6. The molecule has 1 aliphatic heterocycles. The monoisotopic (exact) mass is 316 g/mol. The minimum absolute atomic E-state index is 0.114. The van der Waals surface area contributed by atoms with Crippen LogP contribution in [0.4, 0.5) is 0 Å². The van der Waals surface area contributed by atoms with Crippen LogP contribution in [0.3, 0.4) is 0 Å². The predicted molar refractivity (Wildman–Crippen MR) is 81.2 cm³/mol. The molecule has 0 fully saturated rings. The van der Waals surface area contributed by atoms with Crippen LogP contribution < -0.4 is 14.4 Å². The standard InChI is InChI=1S/C17H16O6/c1-3-13(18)21-15-10-7-5-6-8-11(10)16(22-14(19)4-2)17-12(15)9-20-23-17/h5-8H,3-4,9H2,1-2H3. The topological polar surface area (TPSA) is 71.1 Å². The molecule has 0 saturated heterocycles. The van der Waals surface area contributed by atoms with E-state index in [1.165, 1.54) is 0 Å². The first-order valence-corrected chi connectivity index (χ1v) is 7.44. The summed E-state index contributed by atoms with van der Waals surface area (Å²) in [4.78, 5) is 33.7. The molecule has 23 heavy (non-hydrogen) atoms. The molecule has 3 rings (SSSR count). The lowest BCUT2D eigenvalue weighted by Gasteiger charge is -2.14. The first-order chi connectivity index (χ1) is 11.2. The van der Waals surface area contributed by atoms with E-state index in [2.05, 4.69) is 0 Å². The maximum absolute atomic E-state index is 11.7. The van der Waals surface area contributed by atoms with Gasteiger partial charge in [0.15, 0.2) is 5.75 Å². The lowest BCUT2D eigenvalue weighted by atomic mass is 10.0. The lowest BCUT2D eigenvalue weighted by molar-refractivity contribution is -0.195. The average Bonchev–Trinajstić information content (AvgIpc) is 3.06. The fourth-order valence-electron chi connectivity index (χ4n) is 2.36. The summed E-state index contributed by atoms with van der Waals surface area (Å²) >= 11 is 0. The van der Waals surface area contributed by atoms with Crippen molar-refractivity contribution in [2.75, 3.05) is 0 Å². The van der Waals surface area contributed by atoms with E-state index in [0.29, 0.717) is 22.1 Å². The lowest BCUT2D eigenvalue weighted by Crippen LogP contribution is -2.10. The van der Waals surface area contributed by atoms with Crippen LogP contribution in [0.15, 0.2) is 24.3 Å². The summed E-state index contributed by atoms with van der Waals surface area (Å²) in [6.45, 7) is 3.54. The van der Waals surface area contributed by atoms with Gasteiger partial charge < -0.3 is 14.4 Å². The Morgan fingerprint density at radius 3 is 2.17 bits per heavy atom. The molecule has 0 spiro atoms. The summed E-state index contributed by atoms with van der Waals surface area (Å²) < 4.78 is 10.9. The van der Waals surface area contributed by atoms with E-state index < -0.39 is 0 Å². The van der Waals surface area contributed by atoms with E-state index in [9.17, 15) is 9.59 Å². The van der Waals surface area contributed by atoms with Gasteiger partial charge in [-0.15, -0.1) is 0 Å². The largest absolute Gasteiger partial charge is 0.425 e. The minimum Gasteiger partial charge on any atom is -0.425 e. The molecule has 0 atom stereocenters. The highest BCUT2D eigenvalue weighted by Crippen LogP contribution is 2.49. The number of benzene rings is 2. The third-order valence-electron chi connectivity index (χ3n) is 3.53. The number of fused-ring (bicyclic) bond motifs is 2. The highest BCUT2D eigenvalue weighted by molar-refractivity contribution is 6.00. The number of carbonyl (C=O) groups is 2. The Labute approximate surface area is 132 Å². The van der Waals surface area contributed by atoms with Gasteiger partial charge in [0.1, 0.15) is 12.4 Å². The Morgan fingerprint density at radius 2 is 1.57 bits per heavy atom. The van der Waals surface area contributed by atoms with Crippen molar-refractivity contribution in [1.29, 1.82) is 0 Å². The van der Waals surface area contributed by atoms with Crippen LogP contribution >= 0.6 is 0 Å². The van der Waals surface area contributed by atoms with Gasteiger partial charge in [0, 0.05) is 23.6 Å². The van der Waals surface area contributed by atoms with Crippen molar-refractivity contribution in [3.63, 3.8) is 0 Å². The Bertz CT molecular complexity index is 716. The SMILES string of the molecule is CCC(=O)Oc1c2c(c(OC(=O)CC)c3ccccc13)OOC2. The van der Waals surface area contributed by atoms with Crippen LogP contribution in [-0.2, 0) is 21.1 Å². The third kappa shape index (κ3) is 2.73. The molecule has 0 bridgehead atoms. The molecule has 6 nitrogen and oxygen atoms in total. The van der Waals surface area contributed by atoms with Gasteiger partial charge in [-0.1, -0.05) is 38.1 Å². The second-order valence-electron chi connectivity index (χ2n) is 5.01. The molecular formula is C17H16O6. The van der Waals surface area contributed by atoms with Gasteiger partial charge in [-0.25, -0.2) is 0 Å². The van der Waals surface area contributed by atoms with E-state index in [4.69, 9.17) is 19.2 Å². The molecule has 120 valence electrons. The molecule has 1 heterocycles. The zero-order valence-electron chi connectivity index (χ0n) is 12.9.